The van der Waals surface area contributed by atoms with Crippen molar-refractivity contribution in [3.63, 3.8) is 0 Å². The number of unbranched alkanes of at least 4 members (excludes halogenated alkanes) is 39. The molecular weight excluding hydrogens is 807 g/mol. The average molecular weight is 923 g/mol. The summed E-state index contributed by atoms with van der Waals surface area (Å²) in [6.45, 7) is 4.30. The zero-order valence-electron chi connectivity index (χ0n) is 44.5. The zero-order chi connectivity index (χ0) is 47.7. The summed E-state index contributed by atoms with van der Waals surface area (Å²) in [5, 5.41) is 23.1. The van der Waals surface area contributed by atoms with Crippen molar-refractivity contribution in [1.82, 2.24) is 5.32 Å². The molecule has 4 nitrogen and oxygen atoms in total. The van der Waals surface area contributed by atoms with Crippen LogP contribution in [0.2, 0.25) is 0 Å². The molecular formula is C62H115NO3. The Hall–Kier alpha value is -1.91. The van der Waals surface area contributed by atoms with E-state index in [9.17, 15) is 15.0 Å². The van der Waals surface area contributed by atoms with Gasteiger partial charge in [0.25, 0.3) is 0 Å². The molecule has 0 fully saturated rings. The van der Waals surface area contributed by atoms with Gasteiger partial charge in [0.05, 0.1) is 18.8 Å². The minimum absolute atomic E-state index is 0.0765. The molecule has 4 heteroatoms. The molecule has 0 radical (unpaired) electrons. The molecule has 66 heavy (non-hydrogen) atoms. The van der Waals surface area contributed by atoms with Gasteiger partial charge in [-0.15, -0.1) is 0 Å². The Kier molecular flexibility index (Phi) is 55.7. The van der Waals surface area contributed by atoms with Crippen LogP contribution in [0.3, 0.4) is 0 Å². The quantitative estimate of drug-likeness (QED) is 0.0420. The highest BCUT2D eigenvalue weighted by Crippen LogP contribution is 2.17. The number of rotatable bonds is 54. The van der Waals surface area contributed by atoms with Crippen LogP contribution in [0.15, 0.2) is 60.8 Å². The molecule has 0 aromatic rings. The second kappa shape index (κ2) is 57.4. The Morgan fingerprint density at radius 3 is 0.970 bits per heavy atom. The van der Waals surface area contributed by atoms with Crippen molar-refractivity contribution in [2.24, 2.45) is 0 Å². The third-order valence-corrected chi connectivity index (χ3v) is 13.5. The Morgan fingerprint density at radius 2 is 0.636 bits per heavy atom. The van der Waals surface area contributed by atoms with E-state index < -0.39 is 12.1 Å². The summed E-state index contributed by atoms with van der Waals surface area (Å²) in [6, 6.07) is -0.646. The minimum Gasteiger partial charge on any atom is -0.394 e. The molecule has 1 amide bonds. The number of carbonyl (C=O) groups is 1. The molecule has 0 rings (SSSR count). The standard InChI is InChI=1S/C62H115NO3/c1-3-5-7-9-11-13-15-17-19-20-21-22-23-24-25-26-27-28-29-30-31-32-33-34-35-36-37-38-39-40-41-42-44-46-48-50-52-54-56-58-62(66)63-60(59-64)61(65)57-55-53-51-49-47-45-43-18-16-14-12-10-8-6-4-2/h16,18,27-28,30-31,47,49,55,57,60-61,64-65H,3-15,17,19-26,29,32-46,48,50-54,56,58-59H2,1-2H3,(H,63,66)/b18-16+,28-27-,31-30-,49-47+,57-55+. The second-order valence-electron chi connectivity index (χ2n) is 20.0. The highest BCUT2D eigenvalue weighted by molar-refractivity contribution is 5.76. The first kappa shape index (κ1) is 64.1. The van der Waals surface area contributed by atoms with Crippen molar-refractivity contribution in [2.45, 2.75) is 321 Å². The molecule has 2 unspecified atom stereocenters. The van der Waals surface area contributed by atoms with E-state index in [0.29, 0.717) is 6.42 Å². The largest absolute Gasteiger partial charge is 0.394 e. The maximum absolute atomic E-state index is 12.4. The van der Waals surface area contributed by atoms with Crippen LogP contribution in [-0.4, -0.2) is 34.9 Å². The van der Waals surface area contributed by atoms with Crippen LogP contribution in [0.4, 0.5) is 0 Å². The van der Waals surface area contributed by atoms with Crippen LogP contribution in [0, 0.1) is 0 Å². The molecule has 3 N–H and O–H groups in total. The van der Waals surface area contributed by atoms with E-state index in [2.05, 4.69) is 67.8 Å². The maximum Gasteiger partial charge on any atom is 0.220 e. The van der Waals surface area contributed by atoms with Crippen molar-refractivity contribution < 1.29 is 15.0 Å². The van der Waals surface area contributed by atoms with Gasteiger partial charge in [-0.25, -0.2) is 0 Å². The predicted molar refractivity (Wildman–Crippen MR) is 294 cm³/mol. The van der Waals surface area contributed by atoms with Gasteiger partial charge in [0, 0.05) is 6.42 Å². The van der Waals surface area contributed by atoms with Gasteiger partial charge >= 0.3 is 0 Å². The Morgan fingerprint density at radius 1 is 0.364 bits per heavy atom. The van der Waals surface area contributed by atoms with Gasteiger partial charge in [-0.2, -0.15) is 0 Å². The van der Waals surface area contributed by atoms with Crippen molar-refractivity contribution in [3.05, 3.63) is 60.8 Å². The van der Waals surface area contributed by atoms with Gasteiger partial charge in [0.2, 0.25) is 5.91 Å². The first-order valence-corrected chi connectivity index (χ1v) is 29.5. The molecule has 0 heterocycles. The van der Waals surface area contributed by atoms with E-state index >= 15 is 0 Å². The molecule has 0 bridgehead atoms. The minimum atomic E-state index is -0.871. The van der Waals surface area contributed by atoms with Crippen molar-refractivity contribution in [2.75, 3.05) is 6.61 Å². The summed E-state index contributed by atoms with van der Waals surface area (Å²) in [6.07, 6.45) is 81.3. The Bertz CT molecular complexity index is 1090. The third kappa shape index (κ3) is 53.1. The molecule has 386 valence electrons. The topological polar surface area (TPSA) is 69.6 Å². The molecule has 2 atom stereocenters. The number of aliphatic hydroxyl groups is 2. The third-order valence-electron chi connectivity index (χ3n) is 13.5. The lowest BCUT2D eigenvalue weighted by atomic mass is 10.0. The first-order valence-electron chi connectivity index (χ1n) is 29.5. The van der Waals surface area contributed by atoms with Gasteiger partial charge < -0.3 is 15.5 Å². The Balaban J connectivity index is 3.45. The van der Waals surface area contributed by atoms with Gasteiger partial charge in [-0.1, -0.05) is 286 Å². The van der Waals surface area contributed by atoms with Crippen molar-refractivity contribution in [3.8, 4) is 0 Å². The summed E-state index contributed by atoms with van der Waals surface area (Å²) in [7, 11) is 0. The SMILES string of the molecule is CCCCCCC/C=C/CC/C=C/CC/C=C/C(O)C(CO)NC(=O)CCCCCCCCCCCCCCCCCCC/C=C\C/C=C\CCCCCCCCCCCCCCCCC. The highest BCUT2D eigenvalue weighted by atomic mass is 16.3. The fraction of sp³-hybridized carbons (Fsp3) is 0.823. The average Bonchev–Trinajstić information content (AvgIpc) is 3.32. The van der Waals surface area contributed by atoms with Gasteiger partial charge in [-0.3, -0.25) is 4.79 Å². The van der Waals surface area contributed by atoms with Crippen LogP contribution in [0.1, 0.15) is 309 Å². The molecule has 0 aliphatic rings. The molecule has 0 aromatic heterocycles. The van der Waals surface area contributed by atoms with E-state index in [0.717, 1.165) is 44.9 Å². The number of hydrogen-bond donors (Lipinski definition) is 3. The lowest BCUT2D eigenvalue weighted by Crippen LogP contribution is -2.45. The van der Waals surface area contributed by atoms with Gasteiger partial charge in [-0.05, 0) is 77.0 Å². The molecule has 0 aliphatic heterocycles. The van der Waals surface area contributed by atoms with E-state index in [1.54, 1.807) is 6.08 Å². The van der Waals surface area contributed by atoms with Gasteiger partial charge in [0.15, 0.2) is 0 Å². The molecule has 0 aromatic carbocycles. The van der Waals surface area contributed by atoms with E-state index in [-0.39, 0.29) is 12.5 Å². The smallest absolute Gasteiger partial charge is 0.220 e. The number of hydrogen-bond acceptors (Lipinski definition) is 3. The second-order valence-corrected chi connectivity index (χ2v) is 20.0. The maximum atomic E-state index is 12.4. The lowest BCUT2D eigenvalue weighted by molar-refractivity contribution is -0.123. The van der Waals surface area contributed by atoms with E-state index in [4.69, 9.17) is 0 Å². The molecule has 0 aliphatic carbocycles. The lowest BCUT2D eigenvalue weighted by Gasteiger charge is -2.19. The first-order chi connectivity index (χ1) is 32.7. The summed E-state index contributed by atoms with van der Waals surface area (Å²) in [5.74, 6) is -0.0765. The van der Waals surface area contributed by atoms with Crippen molar-refractivity contribution in [1.29, 1.82) is 0 Å². The van der Waals surface area contributed by atoms with Crippen LogP contribution in [0.25, 0.3) is 0 Å². The summed E-state index contributed by atoms with van der Waals surface area (Å²) >= 11 is 0. The van der Waals surface area contributed by atoms with Crippen LogP contribution in [0.5, 0.6) is 0 Å². The monoisotopic (exact) mass is 922 g/mol. The van der Waals surface area contributed by atoms with Gasteiger partial charge in [0.1, 0.15) is 0 Å². The fourth-order valence-corrected chi connectivity index (χ4v) is 8.95. The van der Waals surface area contributed by atoms with Crippen LogP contribution < -0.4 is 5.32 Å². The Labute approximate surface area is 413 Å². The molecule has 0 saturated heterocycles. The predicted octanol–water partition coefficient (Wildman–Crippen LogP) is 19.6. The summed E-state index contributed by atoms with van der Waals surface area (Å²) < 4.78 is 0. The van der Waals surface area contributed by atoms with Crippen LogP contribution in [-0.2, 0) is 4.79 Å². The highest BCUT2D eigenvalue weighted by Gasteiger charge is 2.18. The summed E-state index contributed by atoms with van der Waals surface area (Å²) in [5.41, 5.74) is 0. The number of allylic oxidation sites excluding steroid dienone is 9. The zero-order valence-corrected chi connectivity index (χ0v) is 44.5. The van der Waals surface area contributed by atoms with Crippen LogP contribution >= 0.6 is 0 Å². The number of nitrogens with one attached hydrogen (secondary N) is 1. The number of carbonyl (C=O) groups excluding carboxylic acids is 1. The number of aliphatic hydroxyl groups excluding tert-OH is 2. The fourth-order valence-electron chi connectivity index (χ4n) is 8.95. The van der Waals surface area contributed by atoms with E-state index in [1.165, 1.54) is 244 Å². The molecule has 0 saturated carbocycles. The van der Waals surface area contributed by atoms with Crippen molar-refractivity contribution >= 4 is 5.91 Å². The molecule has 0 spiro atoms. The summed E-state index contributed by atoms with van der Waals surface area (Å²) in [4.78, 5) is 12.4. The van der Waals surface area contributed by atoms with E-state index in [1.807, 2.05) is 6.08 Å². The number of amides is 1. The normalized spacial score (nSPS) is 13.2.